The van der Waals surface area contributed by atoms with Crippen molar-refractivity contribution in [2.75, 3.05) is 6.54 Å². The molecule has 1 aliphatic rings. The molecule has 2 rings (SSSR count). The minimum atomic E-state index is -3.51. The van der Waals surface area contributed by atoms with Crippen LogP contribution >= 0.6 is 15.9 Å². The Bertz CT molecular complexity index is 582. The van der Waals surface area contributed by atoms with E-state index in [-0.39, 0.29) is 11.5 Å². The third kappa shape index (κ3) is 4.04. The average Bonchev–Trinajstić information content (AvgIpc) is 3.21. The van der Waals surface area contributed by atoms with Crippen molar-refractivity contribution in [1.29, 1.82) is 0 Å². The molecule has 1 aromatic rings. The molecule has 0 radical (unpaired) electrons. The van der Waals surface area contributed by atoms with E-state index in [4.69, 9.17) is 0 Å². The van der Waals surface area contributed by atoms with Crippen molar-refractivity contribution < 1.29 is 13.5 Å². The lowest BCUT2D eigenvalue weighted by Crippen LogP contribution is -2.25. The van der Waals surface area contributed by atoms with Gasteiger partial charge in [0.25, 0.3) is 0 Å². The predicted molar refractivity (Wildman–Crippen MR) is 81.9 cm³/mol. The third-order valence-electron chi connectivity index (χ3n) is 3.61. The highest BCUT2D eigenvalue weighted by molar-refractivity contribution is 9.10. The van der Waals surface area contributed by atoms with E-state index in [1.807, 2.05) is 0 Å². The summed E-state index contributed by atoms with van der Waals surface area (Å²) in [4.78, 5) is 0.238. The van der Waals surface area contributed by atoms with Crippen LogP contribution in [0.2, 0.25) is 0 Å². The lowest BCUT2D eigenvalue weighted by Gasteiger charge is -2.12. The van der Waals surface area contributed by atoms with E-state index in [1.165, 1.54) is 18.9 Å². The van der Waals surface area contributed by atoms with Crippen LogP contribution < -0.4 is 4.72 Å². The van der Waals surface area contributed by atoms with Crippen LogP contribution in [0.15, 0.2) is 21.5 Å². The first-order valence-corrected chi connectivity index (χ1v) is 9.11. The van der Waals surface area contributed by atoms with Gasteiger partial charge in [-0.1, -0.05) is 28.8 Å². The summed E-state index contributed by atoms with van der Waals surface area (Å²) in [5, 5.41) is 9.19. The first-order chi connectivity index (χ1) is 9.44. The van der Waals surface area contributed by atoms with Gasteiger partial charge in [0, 0.05) is 11.0 Å². The van der Waals surface area contributed by atoms with Crippen LogP contribution in [-0.2, 0) is 16.6 Å². The number of rotatable bonds is 7. The zero-order valence-electron chi connectivity index (χ0n) is 11.5. The standard InChI is InChI=1S/C14H20BrNO3S/c1-10-13(15)7-12(9-17)8-14(10)20(18,19)16-6-2-3-11-4-5-11/h7-8,11,16-17H,2-6,9H2,1H3. The second-order valence-electron chi connectivity index (χ2n) is 5.34. The van der Waals surface area contributed by atoms with E-state index in [1.54, 1.807) is 13.0 Å². The largest absolute Gasteiger partial charge is 0.392 e. The summed E-state index contributed by atoms with van der Waals surface area (Å²) in [5.74, 6) is 0.813. The molecular weight excluding hydrogens is 342 g/mol. The topological polar surface area (TPSA) is 66.4 Å². The monoisotopic (exact) mass is 361 g/mol. The highest BCUT2D eigenvalue weighted by Crippen LogP contribution is 2.33. The van der Waals surface area contributed by atoms with Crippen molar-refractivity contribution >= 4 is 26.0 Å². The van der Waals surface area contributed by atoms with Crippen molar-refractivity contribution in [1.82, 2.24) is 4.72 Å². The van der Waals surface area contributed by atoms with Gasteiger partial charge in [-0.15, -0.1) is 0 Å². The molecule has 0 heterocycles. The van der Waals surface area contributed by atoms with Crippen molar-refractivity contribution in [3.8, 4) is 0 Å². The summed E-state index contributed by atoms with van der Waals surface area (Å²) < 4.78 is 28.0. The number of aliphatic hydroxyl groups excluding tert-OH is 1. The summed E-state index contributed by atoms with van der Waals surface area (Å²) in [5.41, 5.74) is 1.25. The van der Waals surface area contributed by atoms with E-state index in [0.29, 0.717) is 22.1 Å². The second-order valence-corrected chi connectivity index (χ2v) is 7.93. The van der Waals surface area contributed by atoms with Gasteiger partial charge in [0.2, 0.25) is 10.0 Å². The zero-order chi connectivity index (χ0) is 14.8. The quantitative estimate of drug-likeness (QED) is 0.733. The van der Waals surface area contributed by atoms with E-state index >= 15 is 0 Å². The Morgan fingerprint density at radius 1 is 1.40 bits per heavy atom. The van der Waals surface area contributed by atoms with Crippen LogP contribution in [0.1, 0.15) is 36.8 Å². The first kappa shape index (κ1) is 15.9. The summed E-state index contributed by atoms with van der Waals surface area (Å²) >= 11 is 3.34. The van der Waals surface area contributed by atoms with Gasteiger partial charge in [-0.25, -0.2) is 13.1 Å². The Morgan fingerprint density at radius 3 is 2.70 bits per heavy atom. The van der Waals surface area contributed by atoms with E-state index in [0.717, 1.165) is 18.8 Å². The molecule has 0 atom stereocenters. The smallest absolute Gasteiger partial charge is 0.240 e. The maximum absolute atomic E-state index is 12.3. The molecule has 4 nitrogen and oxygen atoms in total. The Morgan fingerprint density at radius 2 is 2.10 bits per heavy atom. The number of halogens is 1. The van der Waals surface area contributed by atoms with Crippen LogP contribution in [-0.4, -0.2) is 20.1 Å². The molecular formula is C14H20BrNO3S. The molecule has 1 aromatic carbocycles. The highest BCUT2D eigenvalue weighted by atomic mass is 79.9. The molecule has 0 aromatic heterocycles. The fraction of sp³-hybridized carbons (Fsp3) is 0.571. The van der Waals surface area contributed by atoms with Crippen molar-refractivity contribution in [2.24, 2.45) is 5.92 Å². The molecule has 0 aliphatic heterocycles. The fourth-order valence-corrected chi connectivity index (χ4v) is 4.19. The predicted octanol–water partition coefficient (Wildman–Crippen LogP) is 2.72. The normalized spacial score (nSPS) is 15.6. The van der Waals surface area contributed by atoms with Crippen molar-refractivity contribution in [3.05, 3.63) is 27.7 Å². The molecule has 1 aliphatic carbocycles. The van der Waals surface area contributed by atoms with Crippen LogP contribution in [0.3, 0.4) is 0 Å². The lowest BCUT2D eigenvalue weighted by atomic mass is 10.2. The summed E-state index contributed by atoms with van der Waals surface area (Å²) in [7, 11) is -3.51. The fourth-order valence-electron chi connectivity index (χ4n) is 2.16. The summed E-state index contributed by atoms with van der Waals surface area (Å²) in [6.07, 6.45) is 4.56. The van der Waals surface area contributed by atoms with Gasteiger partial charge in [0.05, 0.1) is 11.5 Å². The molecule has 20 heavy (non-hydrogen) atoms. The second kappa shape index (κ2) is 6.56. The maximum Gasteiger partial charge on any atom is 0.240 e. The van der Waals surface area contributed by atoms with Gasteiger partial charge in [-0.2, -0.15) is 0 Å². The number of sulfonamides is 1. The highest BCUT2D eigenvalue weighted by Gasteiger charge is 2.22. The molecule has 1 saturated carbocycles. The molecule has 0 unspecified atom stereocenters. The number of hydrogen-bond donors (Lipinski definition) is 2. The Kier molecular flexibility index (Phi) is 5.23. The van der Waals surface area contributed by atoms with Crippen molar-refractivity contribution in [3.63, 3.8) is 0 Å². The molecule has 0 saturated heterocycles. The number of aliphatic hydroxyl groups is 1. The summed E-state index contributed by atoms with van der Waals surface area (Å²) in [6.45, 7) is 2.05. The van der Waals surface area contributed by atoms with E-state index in [2.05, 4.69) is 20.7 Å². The molecule has 0 bridgehead atoms. The van der Waals surface area contributed by atoms with Crippen molar-refractivity contribution in [2.45, 2.75) is 44.1 Å². The van der Waals surface area contributed by atoms with Gasteiger partial charge < -0.3 is 5.11 Å². The van der Waals surface area contributed by atoms with Gasteiger partial charge in [-0.05, 0) is 48.9 Å². The van der Waals surface area contributed by atoms with Crippen LogP contribution in [0, 0.1) is 12.8 Å². The lowest BCUT2D eigenvalue weighted by molar-refractivity contribution is 0.281. The van der Waals surface area contributed by atoms with Gasteiger partial charge in [0.15, 0.2) is 0 Å². The van der Waals surface area contributed by atoms with E-state index in [9.17, 15) is 13.5 Å². The average molecular weight is 362 g/mol. The van der Waals surface area contributed by atoms with Gasteiger partial charge in [-0.3, -0.25) is 0 Å². The zero-order valence-corrected chi connectivity index (χ0v) is 13.9. The summed E-state index contributed by atoms with van der Waals surface area (Å²) in [6, 6.07) is 3.27. The Hall–Kier alpha value is -0.430. The maximum atomic E-state index is 12.3. The first-order valence-electron chi connectivity index (χ1n) is 6.83. The Labute approximate surface area is 128 Å². The molecule has 0 amide bonds. The third-order valence-corrected chi connectivity index (χ3v) is 6.02. The molecule has 1 fully saturated rings. The van der Waals surface area contributed by atoms with Crippen LogP contribution in [0.4, 0.5) is 0 Å². The number of benzene rings is 1. The molecule has 112 valence electrons. The molecule has 2 N–H and O–H groups in total. The minimum absolute atomic E-state index is 0.178. The van der Waals surface area contributed by atoms with E-state index < -0.39 is 10.0 Å². The minimum Gasteiger partial charge on any atom is -0.392 e. The molecule has 0 spiro atoms. The SMILES string of the molecule is Cc1c(Br)cc(CO)cc1S(=O)(=O)NCCCC1CC1. The number of hydrogen-bond acceptors (Lipinski definition) is 3. The van der Waals surface area contributed by atoms with Gasteiger partial charge in [0.1, 0.15) is 0 Å². The number of nitrogens with one attached hydrogen (secondary N) is 1. The van der Waals surface area contributed by atoms with Gasteiger partial charge >= 0.3 is 0 Å². The molecule has 6 heteroatoms. The van der Waals surface area contributed by atoms with Crippen LogP contribution in [0.25, 0.3) is 0 Å². The Balaban J connectivity index is 2.08. The van der Waals surface area contributed by atoms with Crippen LogP contribution in [0.5, 0.6) is 0 Å².